The molecule has 6 nitrogen and oxygen atoms in total. The van der Waals surface area contributed by atoms with Crippen LogP contribution in [0, 0.1) is 21.6 Å². The molecule has 0 aliphatic carbocycles. The topological polar surface area (TPSA) is 90.3 Å². The van der Waals surface area contributed by atoms with Crippen molar-refractivity contribution in [1.29, 1.82) is 5.26 Å². The minimum atomic E-state index is -1.11. The first-order chi connectivity index (χ1) is 3.27. The van der Waals surface area contributed by atoms with Crippen LogP contribution in [0.2, 0.25) is 0 Å². The van der Waals surface area contributed by atoms with Crippen molar-refractivity contribution in [3.8, 4) is 6.26 Å². The summed E-state index contributed by atoms with van der Waals surface area (Å²) in [5.41, 5.74) is 2.10. The van der Waals surface area contributed by atoms with E-state index in [4.69, 9.17) is 15.4 Å². The van der Waals surface area contributed by atoms with Crippen LogP contribution < -0.4 is 0 Å². The van der Waals surface area contributed by atoms with Crippen LogP contribution in [0.3, 0.4) is 0 Å². The molecule has 0 heterocycles. The van der Waals surface area contributed by atoms with Crippen LogP contribution in [0.15, 0.2) is 0 Å². The lowest BCUT2D eigenvalue weighted by atomic mass is 11.6. The molecule has 0 aliphatic heterocycles. The lowest BCUT2D eigenvalue weighted by Gasteiger charge is -1.99. The normalized spacial score (nSPS) is 6.14. The fraction of sp³-hybridized carbons (Fsp3) is 0. The van der Waals surface area contributed by atoms with E-state index in [0.29, 0.717) is 0 Å². The van der Waals surface area contributed by atoms with E-state index in [9.17, 15) is 0 Å². The van der Waals surface area contributed by atoms with Gasteiger partial charge >= 0.3 is 0 Å². The highest BCUT2D eigenvalue weighted by molar-refractivity contribution is 4.49. The van der Waals surface area contributed by atoms with Crippen molar-refractivity contribution in [3.63, 3.8) is 0 Å². The molecule has 0 aromatic rings. The Morgan fingerprint density at radius 2 is 2.57 bits per heavy atom. The van der Waals surface area contributed by atoms with Crippen LogP contribution in [0.4, 0.5) is 0 Å². The summed E-state index contributed by atoms with van der Waals surface area (Å²) >= 11 is 0. The van der Waals surface area contributed by atoms with E-state index in [1.54, 1.807) is 0 Å². The molecular weight excluding hydrogens is 102 g/mol. The number of hydrogen-bond donors (Lipinski definition) is 0. The van der Waals surface area contributed by atoms with E-state index in [1.807, 2.05) is 0 Å². The van der Waals surface area contributed by atoms with Crippen molar-refractivity contribution < 1.29 is 9.87 Å². The predicted molar refractivity (Wildman–Crippen MR) is 17.1 cm³/mol. The summed E-state index contributed by atoms with van der Waals surface area (Å²) in [4.78, 5) is 12.4. The summed E-state index contributed by atoms with van der Waals surface area (Å²) in [6.45, 7) is 0. The molecule has 6 heteroatoms. The average molecular weight is 102 g/mol. The summed E-state index contributed by atoms with van der Waals surface area (Å²) in [7, 11) is 0. The molecule has 0 aromatic heterocycles. The zero-order chi connectivity index (χ0) is 5.70. The highest BCUT2D eigenvalue weighted by Gasteiger charge is 1.69. The van der Waals surface area contributed by atoms with Gasteiger partial charge in [-0.25, -0.2) is 0 Å². The summed E-state index contributed by atoms with van der Waals surface area (Å²) in [6.07, 6.45) is 0.991. The second-order valence-electron chi connectivity index (χ2n) is 0.502. The van der Waals surface area contributed by atoms with Gasteiger partial charge in [0.25, 0.3) is 6.26 Å². The number of hydrogen-bond acceptors (Lipinski definition) is 4. The molecule has 0 aromatic carbocycles. The lowest BCUT2D eigenvalue weighted by Crippen LogP contribution is -1.87. The summed E-state index contributed by atoms with van der Waals surface area (Å²) in [5.74, 6) is 0. The highest BCUT2D eigenvalue weighted by Crippen LogP contribution is 1.83. The van der Waals surface area contributed by atoms with Crippen LogP contribution in [-0.2, 0) is 4.84 Å². The zero-order valence-electron chi connectivity index (χ0n) is 3.07. The summed E-state index contributed by atoms with van der Waals surface area (Å²) < 4.78 is 0. The number of nitro groups is 1. The van der Waals surface area contributed by atoms with Gasteiger partial charge in [0.1, 0.15) is 0 Å². The molecule has 0 bridgehead atoms. The maximum absolute atomic E-state index is 9.12. The maximum atomic E-state index is 9.12. The molecule has 7 heavy (non-hydrogen) atoms. The summed E-state index contributed by atoms with van der Waals surface area (Å²) in [5, 5.41) is 15.5. The molecule has 0 amide bonds. The van der Waals surface area contributed by atoms with E-state index in [2.05, 4.69) is 10.4 Å². The van der Waals surface area contributed by atoms with Crippen LogP contribution >= 0.6 is 0 Å². The van der Waals surface area contributed by atoms with Crippen LogP contribution in [-0.4, -0.2) is 5.03 Å². The van der Waals surface area contributed by atoms with Crippen molar-refractivity contribution in [2.24, 2.45) is 0 Å². The van der Waals surface area contributed by atoms with Crippen LogP contribution in [0.25, 0.3) is 5.59 Å². The number of rotatable bonds is 2. The molecule has 0 saturated heterocycles. The summed E-state index contributed by atoms with van der Waals surface area (Å²) in [6, 6.07) is 0. The van der Waals surface area contributed by atoms with Crippen molar-refractivity contribution >= 4 is 0 Å². The van der Waals surface area contributed by atoms with Gasteiger partial charge < -0.3 is 4.84 Å². The zero-order valence-corrected chi connectivity index (χ0v) is 3.07. The van der Waals surface area contributed by atoms with E-state index in [1.165, 1.54) is 0 Å². The van der Waals surface area contributed by atoms with Gasteiger partial charge in [0.05, 0.1) is 0 Å². The van der Waals surface area contributed by atoms with Crippen molar-refractivity contribution in [3.05, 3.63) is 15.7 Å². The molecule has 0 N–H and O–H groups in total. The first-order valence-corrected chi connectivity index (χ1v) is 1.18. The van der Waals surface area contributed by atoms with E-state index in [-0.39, 0.29) is 0 Å². The van der Waals surface area contributed by atoms with Crippen LogP contribution in [0.5, 0.6) is 0 Å². The fourth-order valence-electron chi connectivity index (χ4n) is 0.0516. The third-order valence-corrected chi connectivity index (χ3v) is 0.148. The standard InChI is InChI=1S/CN3O3/c2-1-7-3-4(5)6/q-1. The Kier molecular flexibility index (Phi) is 2.13. The number of nitrogens with zero attached hydrogens (tertiary/aromatic N) is 3. The Bertz CT molecular complexity index is 103. The Balaban J connectivity index is 3.02. The fourth-order valence-corrected chi connectivity index (χ4v) is 0.0516. The largest absolute Gasteiger partial charge is 0.433 e. The third-order valence-electron chi connectivity index (χ3n) is 0.148. The van der Waals surface area contributed by atoms with E-state index < -0.39 is 5.03 Å². The molecule has 0 atom stereocenters. The molecule has 0 saturated carbocycles. The quantitative estimate of drug-likeness (QED) is 0.278. The van der Waals surface area contributed by atoms with E-state index in [0.717, 1.165) is 6.26 Å². The van der Waals surface area contributed by atoms with Crippen LogP contribution in [0.1, 0.15) is 0 Å². The Morgan fingerprint density at radius 1 is 2.00 bits per heavy atom. The lowest BCUT2D eigenvalue weighted by molar-refractivity contribution is -0.459. The van der Waals surface area contributed by atoms with Gasteiger partial charge in [0.15, 0.2) is 0 Å². The highest BCUT2D eigenvalue weighted by atomic mass is 16.8. The SMILES string of the molecule is N#CO[N-][N+](=O)[O-]. The molecule has 38 valence electrons. The molecule has 0 rings (SSSR count). The Hall–Kier alpha value is -1.51. The first-order valence-electron chi connectivity index (χ1n) is 1.18. The van der Waals surface area contributed by atoms with Crippen molar-refractivity contribution in [1.82, 2.24) is 0 Å². The Labute approximate surface area is 38.4 Å². The van der Waals surface area contributed by atoms with Gasteiger partial charge in [0.2, 0.25) is 0 Å². The van der Waals surface area contributed by atoms with Gasteiger partial charge in [0, 0.05) is 5.03 Å². The third kappa shape index (κ3) is 4.49. The first kappa shape index (κ1) is 5.49. The minimum Gasteiger partial charge on any atom is -0.433 e. The van der Waals surface area contributed by atoms with Crippen molar-refractivity contribution in [2.45, 2.75) is 0 Å². The monoisotopic (exact) mass is 102 g/mol. The molecule has 0 radical (unpaired) electrons. The predicted octanol–water partition coefficient (Wildman–Crippen LogP) is -0.0355. The smallest absolute Gasteiger partial charge is 0.279 e. The minimum absolute atomic E-state index is 0.991. The molecule has 0 aliphatic rings. The second kappa shape index (κ2) is 2.71. The second-order valence-corrected chi connectivity index (χ2v) is 0.502. The van der Waals surface area contributed by atoms with Gasteiger partial charge in [-0.15, -0.1) is 0 Å². The maximum Gasteiger partial charge on any atom is 0.279 e. The van der Waals surface area contributed by atoms with E-state index >= 15 is 0 Å². The Morgan fingerprint density at radius 3 is 2.71 bits per heavy atom. The van der Waals surface area contributed by atoms with Gasteiger partial charge in [-0.1, -0.05) is 0 Å². The number of nitriles is 1. The average Bonchev–Trinajstić information content (AvgIpc) is 1.61. The van der Waals surface area contributed by atoms with Gasteiger partial charge in [-0.2, -0.15) is 10.9 Å². The molecular formula is CN3O3-. The molecule has 0 unspecified atom stereocenters. The van der Waals surface area contributed by atoms with Gasteiger partial charge in [-0.3, -0.25) is 10.1 Å². The van der Waals surface area contributed by atoms with Gasteiger partial charge in [-0.05, 0) is 0 Å². The molecule has 0 fully saturated rings. The van der Waals surface area contributed by atoms with Crippen molar-refractivity contribution in [2.75, 3.05) is 0 Å². The molecule has 0 spiro atoms.